The molecule has 0 unspecified atom stereocenters. The largest absolute Gasteiger partial charge is 0.352 e. The van der Waals surface area contributed by atoms with Gasteiger partial charge in [0.15, 0.2) is 5.82 Å². The molecule has 6 nitrogen and oxygen atoms in total. The van der Waals surface area contributed by atoms with Crippen molar-refractivity contribution < 1.29 is 9.18 Å². The van der Waals surface area contributed by atoms with Crippen LogP contribution in [-0.2, 0) is 11.2 Å². The van der Waals surface area contributed by atoms with Crippen LogP contribution in [0.15, 0.2) is 24.4 Å². The van der Waals surface area contributed by atoms with Gasteiger partial charge in [-0.15, -0.1) is 5.10 Å². The number of pyridine rings is 1. The van der Waals surface area contributed by atoms with Crippen LogP contribution in [0.25, 0.3) is 0 Å². The molecule has 0 radical (unpaired) electrons. The molecule has 2 aromatic rings. The summed E-state index contributed by atoms with van der Waals surface area (Å²) in [5.74, 6) is 0.516. The molecule has 1 aliphatic heterocycles. The number of aromatic nitrogens is 3. The lowest BCUT2D eigenvalue weighted by atomic mass is 10.1. The van der Waals surface area contributed by atoms with E-state index in [0.717, 1.165) is 11.5 Å². The lowest BCUT2D eigenvalue weighted by Gasteiger charge is -2.35. The molecule has 7 heteroatoms. The van der Waals surface area contributed by atoms with Crippen LogP contribution in [0.2, 0.25) is 0 Å². The highest BCUT2D eigenvalue weighted by molar-refractivity contribution is 5.79. The molecule has 0 bridgehead atoms. The highest BCUT2D eigenvalue weighted by Crippen LogP contribution is 2.18. The van der Waals surface area contributed by atoms with E-state index in [0.29, 0.717) is 37.4 Å². The minimum Gasteiger partial charge on any atom is -0.352 e. The first-order valence-electron chi connectivity index (χ1n) is 8.91. The van der Waals surface area contributed by atoms with Gasteiger partial charge in [0, 0.05) is 32.4 Å². The average Bonchev–Trinajstić information content (AvgIpc) is 2.62. The van der Waals surface area contributed by atoms with Crippen LogP contribution in [0.5, 0.6) is 0 Å². The van der Waals surface area contributed by atoms with Crippen molar-refractivity contribution in [2.45, 2.75) is 33.1 Å². The highest BCUT2D eigenvalue weighted by atomic mass is 19.1. The zero-order valence-electron chi connectivity index (χ0n) is 15.4. The monoisotopic (exact) mass is 357 g/mol. The number of hydrogen-bond acceptors (Lipinski definition) is 5. The van der Waals surface area contributed by atoms with Crippen molar-refractivity contribution in [3.05, 3.63) is 47.2 Å². The molecule has 1 amide bonds. The molecule has 2 aromatic heterocycles. The maximum atomic E-state index is 14.1. The molecule has 0 saturated carbocycles. The molecule has 1 saturated heterocycles. The smallest absolute Gasteiger partial charge is 0.227 e. The molecular weight excluding hydrogens is 333 g/mol. The summed E-state index contributed by atoms with van der Waals surface area (Å²) in [6.07, 6.45) is 1.78. The number of amides is 1. The van der Waals surface area contributed by atoms with E-state index in [1.807, 2.05) is 37.8 Å². The number of halogens is 1. The minimum absolute atomic E-state index is 0.00172. The molecule has 138 valence electrons. The van der Waals surface area contributed by atoms with Crippen molar-refractivity contribution in [2.24, 2.45) is 0 Å². The molecule has 3 heterocycles. The number of carbonyl (C=O) groups excluding carboxylic acids is 1. The van der Waals surface area contributed by atoms with Crippen molar-refractivity contribution in [3.63, 3.8) is 0 Å². The summed E-state index contributed by atoms with van der Waals surface area (Å²) >= 11 is 0. The SMILES string of the molecule is Cc1ccc(N2CCN(C(=O)Cc3cnc(C(C)C)c(F)c3)CC2)nn1. The molecular formula is C19H24FN5O. The molecule has 26 heavy (non-hydrogen) atoms. The second kappa shape index (κ2) is 7.76. The summed E-state index contributed by atoms with van der Waals surface area (Å²) in [5.41, 5.74) is 1.93. The summed E-state index contributed by atoms with van der Waals surface area (Å²) in [4.78, 5) is 20.6. The fourth-order valence-corrected chi connectivity index (χ4v) is 3.04. The van der Waals surface area contributed by atoms with Crippen molar-refractivity contribution in [1.29, 1.82) is 0 Å². The third-order valence-electron chi connectivity index (χ3n) is 4.57. The average molecular weight is 357 g/mol. The normalized spacial score (nSPS) is 14.8. The fraction of sp³-hybridized carbons (Fsp3) is 0.474. The van der Waals surface area contributed by atoms with Crippen LogP contribution in [0.1, 0.15) is 36.7 Å². The van der Waals surface area contributed by atoms with Crippen LogP contribution in [0, 0.1) is 12.7 Å². The maximum absolute atomic E-state index is 14.1. The Kier molecular flexibility index (Phi) is 5.44. The highest BCUT2D eigenvalue weighted by Gasteiger charge is 2.22. The molecule has 1 aliphatic rings. The van der Waals surface area contributed by atoms with E-state index < -0.39 is 0 Å². The number of aryl methyl sites for hydroxylation is 1. The maximum Gasteiger partial charge on any atom is 0.227 e. The fourth-order valence-electron chi connectivity index (χ4n) is 3.04. The standard InChI is InChI=1S/C19H24FN5O/c1-13(2)19-16(20)10-15(12-21-19)11-18(26)25-8-6-24(7-9-25)17-5-4-14(3)22-23-17/h4-5,10,12-13H,6-9,11H2,1-3H3. The Labute approximate surface area is 153 Å². The van der Waals surface area contributed by atoms with Gasteiger partial charge in [-0.1, -0.05) is 13.8 Å². The number of rotatable bonds is 4. The first-order valence-corrected chi connectivity index (χ1v) is 8.91. The Morgan fingerprint density at radius 3 is 2.50 bits per heavy atom. The van der Waals surface area contributed by atoms with Gasteiger partial charge in [0.05, 0.1) is 17.8 Å². The van der Waals surface area contributed by atoms with Crippen LogP contribution in [0.3, 0.4) is 0 Å². The van der Waals surface area contributed by atoms with Crippen LogP contribution < -0.4 is 4.90 Å². The summed E-state index contributed by atoms with van der Waals surface area (Å²) in [7, 11) is 0. The predicted molar refractivity (Wildman–Crippen MR) is 97.6 cm³/mol. The summed E-state index contributed by atoms with van der Waals surface area (Å²) in [6.45, 7) is 8.36. The van der Waals surface area contributed by atoms with Gasteiger partial charge in [0.25, 0.3) is 0 Å². The number of carbonyl (C=O) groups is 1. The number of hydrogen-bond donors (Lipinski definition) is 0. The molecule has 3 rings (SSSR count). The van der Waals surface area contributed by atoms with E-state index >= 15 is 0 Å². The zero-order chi connectivity index (χ0) is 18.7. The van der Waals surface area contributed by atoms with Gasteiger partial charge < -0.3 is 9.80 Å². The summed E-state index contributed by atoms with van der Waals surface area (Å²) < 4.78 is 14.1. The van der Waals surface area contributed by atoms with E-state index in [2.05, 4.69) is 20.1 Å². The van der Waals surface area contributed by atoms with Gasteiger partial charge in [-0.25, -0.2) is 4.39 Å². The zero-order valence-corrected chi connectivity index (χ0v) is 15.4. The topological polar surface area (TPSA) is 62.2 Å². The minimum atomic E-state index is -0.340. The van der Waals surface area contributed by atoms with Crippen molar-refractivity contribution >= 4 is 11.7 Å². The first kappa shape index (κ1) is 18.2. The van der Waals surface area contributed by atoms with Gasteiger partial charge in [-0.05, 0) is 36.6 Å². The lowest BCUT2D eigenvalue weighted by molar-refractivity contribution is -0.130. The van der Waals surface area contributed by atoms with Gasteiger partial charge >= 0.3 is 0 Å². The van der Waals surface area contributed by atoms with Crippen molar-refractivity contribution in [2.75, 3.05) is 31.1 Å². The first-order chi connectivity index (χ1) is 12.4. The number of nitrogens with zero attached hydrogens (tertiary/aromatic N) is 5. The van der Waals surface area contributed by atoms with Gasteiger partial charge in [-0.3, -0.25) is 9.78 Å². The van der Waals surface area contributed by atoms with E-state index in [1.165, 1.54) is 6.07 Å². The van der Waals surface area contributed by atoms with Crippen LogP contribution in [-0.4, -0.2) is 52.2 Å². The number of anilines is 1. The quantitative estimate of drug-likeness (QED) is 0.840. The second-order valence-electron chi connectivity index (χ2n) is 6.94. The Hall–Kier alpha value is -2.57. The van der Waals surface area contributed by atoms with Gasteiger partial charge in [-0.2, -0.15) is 5.10 Å². The third kappa shape index (κ3) is 4.15. The Balaban J connectivity index is 1.57. The Morgan fingerprint density at radius 2 is 1.92 bits per heavy atom. The summed E-state index contributed by atoms with van der Waals surface area (Å²) in [6, 6.07) is 5.31. The second-order valence-corrected chi connectivity index (χ2v) is 6.94. The summed E-state index contributed by atoms with van der Waals surface area (Å²) in [5, 5.41) is 8.27. The molecule has 1 fully saturated rings. The van der Waals surface area contributed by atoms with Crippen molar-refractivity contribution in [1.82, 2.24) is 20.1 Å². The Morgan fingerprint density at radius 1 is 1.19 bits per heavy atom. The van der Waals surface area contributed by atoms with Crippen LogP contribution >= 0.6 is 0 Å². The van der Waals surface area contributed by atoms with E-state index in [-0.39, 0.29) is 24.1 Å². The molecule has 0 aromatic carbocycles. The lowest BCUT2D eigenvalue weighted by Crippen LogP contribution is -2.49. The molecule has 0 N–H and O–H groups in total. The molecule has 0 atom stereocenters. The van der Waals surface area contributed by atoms with E-state index in [9.17, 15) is 9.18 Å². The Bertz CT molecular complexity index is 770. The van der Waals surface area contributed by atoms with Gasteiger partial charge in [0.1, 0.15) is 5.82 Å². The van der Waals surface area contributed by atoms with Crippen molar-refractivity contribution in [3.8, 4) is 0 Å². The number of piperazine rings is 1. The van der Waals surface area contributed by atoms with Gasteiger partial charge in [0.2, 0.25) is 5.91 Å². The molecule has 0 spiro atoms. The van der Waals surface area contributed by atoms with E-state index in [1.54, 1.807) is 6.20 Å². The van der Waals surface area contributed by atoms with E-state index in [4.69, 9.17) is 0 Å². The predicted octanol–water partition coefficient (Wildman–Crippen LogP) is 2.33. The third-order valence-corrected chi connectivity index (χ3v) is 4.57. The van der Waals surface area contributed by atoms with Crippen LogP contribution in [0.4, 0.5) is 10.2 Å². The molecule has 0 aliphatic carbocycles.